The molecule has 1 aliphatic rings. The van der Waals surface area contributed by atoms with Crippen molar-refractivity contribution in [3.63, 3.8) is 0 Å². The van der Waals surface area contributed by atoms with Crippen molar-refractivity contribution in [2.24, 2.45) is 0 Å². The summed E-state index contributed by atoms with van der Waals surface area (Å²) in [6.07, 6.45) is 3.76. The maximum atomic E-state index is 9.32. The summed E-state index contributed by atoms with van der Waals surface area (Å²) >= 11 is 0. The normalized spacial score (nSPS) is 19.0. The highest BCUT2D eigenvalue weighted by Gasteiger charge is 2.24. The molecule has 88 valence electrons. The minimum absolute atomic E-state index is 0.119. The average molecular weight is 230 g/mol. The first-order chi connectivity index (χ1) is 8.38. The number of pyridine rings is 1. The number of aliphatic hydroxyl groups excluding tert-OH is 1. The lowest BCUT2D eigenvalue weighted by molar-refractivity contribution is 0.234. The summed E-state index contributed by atoms with van der Waals surface area (Å²) in [5.74, 6) is 1.66. The lowest BCUT2D eigenvalue weighted by Gasteiger charge is -2.19. The Morgan fingerprint density at radius 1 is 1.41 bits per heavy atom. The second-order valence-corrected chi connectivity index (χ2v) is 4.25. The van der Waals surface area contributed by atoms with E-state index in [1.54, 1.807) is 6.20 Å². The number of aryl methyl sites for hydroxylation is 1. The van der Waals surface area contributed by atoms with Gasteiger partial charge in [-0.15, -0.1) is 5.10 Å². The maximum absolute atomic E-state index is 9.32. The summed E-state index contributed by atoms with van der Waals surface area (Å²) < 4.78 is 1.90. The van der Waals surface area contributed by atoms with Crippen LogP contribution in [0.1, 0.15) is 24.6 Å². The lowest BCUT2D eigenvalue weighted by Crippen LogP contribution is -2.19. The summed E-state index contributed by atoms with van der Waals surface area (Å²) in [5, 5.41) is 13.8. The van der Waals surface area contributed by atoms with E-state index in [1.807, 2.05) is 22.9 Å². The molecule has 0 spiro atoms. The fourth-order valence-corrected chi connectivity index (χ4v) is 2.21. The van der Waals surface area contributed by atoms with Gasteiger partial charge < -0.3 is 5.11 Å². The van der Waals surface area contributed by atoms with E-state index in [1.165, 1.54) is 0 Å². The van der Waals surface area contributed by atoms with Crippen molar-refractivity contribution in [3.8, 4) is 11.5 Å². The van der Waals surface area contributed by atoms with Crippen LogP contribution in [0.3, 0.4) is 0 Å². The Hall–Kier alpha value is -1.75. The summed E-state index contributed by atoms with van der Waals surface area (Å²) in [6, 6.07) is 5.69. The standard InChI is InChI=1S/C12H14N4O/c17-8-9-4-3-7-16-12(9)14-11(15-16)10-5-1-2-6-13-10/h1-2,5-6,9,17H,3-4,7-8H2. The number of hydrogen-bond donors (Lipinski definition) is 1. The van der Waals surface area contributed by atoms with E-state index < -0.39 is 0 Å². The van der Waals surface area contributed by atoms with Gasteiger partial charge >= 0.3 is 0 Å². The second-order valence-electron chi connectivity index (χ2n) is 4.25. The number of aromatic nitrogens is 4. The van der Waals surface area contributed by atoms with Crippen molar-refractivity contribution in [1.82, 2.24) is 19.7 Å². The van der Waals surface area contributed by atoms with Crippen LogP contribution >= 0.6 is 0 Å². The zero-order chi connectivity index (χ0) is 11.7. The van der Waals surface area contributed by atoms with Crippen LogP contribution in [0.25, 0.3) is 11.5 Å². The van der Waals surface area contributed by atoms with Crippen LogP contribution < -0.4 is 0 Å². The Bertz CT molecular complexity index is 508. The Balaban J connectivity index is 2.02. The smallest absolute Gasteiger partial charge is 0.200 e. The third-order valence-corrected chi connectivity index (χ3v) is 3.10. The molecule has 3 heterocycles. The van der Waals surface area contributed by atoms with Gasteiger partial charge in [0.2, 0.25) is 0 Å². The highest BCUT2D eigenvalue weighted by atomic mass is 16.3. The molecule has 1 N–H and O–H groups in total. The molecule has 0 amide bonds. The Morgan fingerprint density at radius 2 is 2.35 bits per heavy atom. The second kappa shape index (κ2) is 4.25. The summed E-state index contributed by atoms with van der Waals surface area (Å²) in [7, 11) is 0. The maximum Gasteiger partial charge on any atom is 0.200 e. The molecule has 1 unspecified atom stereocenters. The van der Waals surface area contributed by atoms with Crippen LogP contribution in [0.15, 0.2) is 24.4 Å². The van der Waals surface area contributed by atoms with Crippen LogP contribution in [0.5, 0.6) is 0 Å². The number of nitrogens with zero attached hydrogens (tertiary/aromatic N) is 4. The van der Waals surface area contributed by atoms with E-state index in [2.05, 4.69) is 15.1 Å². The van der Waals surface area contributed by atoms with Gasteiger partial charge in [-0.3, -0.25) is 4.98 Å². The first-order valence-corrected chi connectivity index (χ1v) is 5.85. The molecule has 0 saturated carbocycles. The van der Waals surface area contributed by atoms with Gasteiger partial charge in [0, 0.05) is 18.7 Å². The molecule has 2 aromatic heterocycles. The van der Waals surface area contributed by atoms with Crippen molar-refractivity contribution in [1.29, 1.82) is 0 Å². The van der Waals surface area contributed by atoms with E-state index in [9.17, 15) is 5.11 Å². The van der Waals surface area contributed by atoms with Gasteiger partial charge in [0.25, 0.3) is 0 Å². The number of fused-ring (bicyclic) bond motifs is 1. The van der Waals surface area contributed by atoms with E-state index in [0.717, 1.165) is 30.9 Å². The third kappa shape index (κ3) is 1.82. The molecule has 1 aliphatic heterocycles. The lowest BCUT2D eigenvalue weighted by atomic mass is 10.0. The molecule has 0 radical (unpaired) electrons. The van der Waals surface area contributed by atoms with Crippen LogP contribution in [0, 0.1) is 0 Å². The van der Waals surface area contributed by atoms with E-state index in [0.29, 0.717) is 5.82 Å². The predicted molar refractivity (Wildman–Crippen MR) is 62.3 cm³/mol. The zero-order valence-corrected chi connectivity index (χ0v) is 9.45. The van der Waals surface area contributed by atoms with Crippen molar-refractivity contribution < 1.29 is 5.11 Å². The number of hydrogen-bond acceptors (Lipinski definition) is 4. The molecule has 0 bridgehead atoms. The van der Waals surface area contributed by atoms with Crippen molar-refractivity contribution >= 4 is 0 Å². The first-order valence-electron chi connectivity index (χ1n) is 5.85. The van der Waals surface area contributed by atoms with Crippen LogP contribution in [-0.4, -0.2) is 31.5 Å². The Labute approximate surface area is 99.1 Å². The molecule has 3 rings (SSSR count). The van der Waals surface area contributed by atoms with Crippen molar-refractivity contribution in [2.45, 2.75) is 25.3 Å². The molecule has 0 aromatic carbocycles. The van der Waals surface area contributed by atoms with Gasteiger partial charge in [0.1, 0.15) is 11.5 Å². The highest BCUT2D eigenvalue weighted by molar-refractivity contribution is 5.47. The third-order valence-electron chi connectivity index (χ3n) is 3.10. The number of aliphatic hydroxyl groups is 1. The summed E-state index contributed by atoms with van der Waals surface area (Å²) in [6.45, 7) is 1.02. The minimum atomic E-state index is 0.119. The van der Waals surface area contributed by atoms with E-state index in [4.69, 9.17) is 0 Å². The van der Waals surface area contributed by atoms with Crippen LogP contribution in [0.2, 0.25) is 0 Å². The molecule has 0 saturated heterocycles. The van der Waals surface area contributed by atoms with Crippen LogP contribution in [0.4, 0.5) is 0 Å². The van der Waals surface area contributed by atoms with Crippen LogP contribution in [-0.2, 0) is 6.54 Å². The molecule has 2 aromatic rings. The molecule has 0 aliphatic carbocycles. The topological polar surface area (TPSA) is 63.8 Å². The fourth-order valence-electron chi connectivity index (χ4n) is 2.21. The van der Waals surface area contributed by atoms with Gasteiger partial charge in [-0.05, 0) is 25.0 Å². The van der Waals surface area contributed by atoms with E-state index >= 15 is 0 Å². The first kappa shape index (κ1) is 10.4. The molecule has 5 heteroatoms. The molecule has 0 fully saturated rings. The molecule has 1 atom stereocenters. The molecule has 5 nitrogen and oxygen atoms in total. The average Bonchev–Trinajstić information content (AvgIpc) is 2.83. The van der Waals surface area contributed by atoms with Gasteiger partial charge in [0.05, 0.1) is 6.61 Å². The molecule has 17 heavy (non-hydrogen) atoms. The van der Waals surface area contributed by atoms with Gasteiger partial charge in [-0.1, -0.05) is 6.07 Å². The zero-order valence-electron chi connectivity index (χ0n) is 9.45. The minimum Gasteiger partial charge on any atom is -0.396 e. The fraction of sp³-hybridized carbons (Fsp3) is 0.417. The van der Waals surface area contributed by atoms with Crippen molar-refractivity contribution in [3.05, 3.63) is 30.2 Å². The summed E-state index contributed by atoms with van der Waals surface area (Å²) in [5.41, 5.74) is 0.783. The largest absolute Gasteiger partial charge is 0.396 e. The highest BCUT2D eigenvalue weighted by Crippen LogP contribution is 2.26. The van der Waals surface area contributed by atoms with Crippen molar-refractivity contribution in [2.75, 3.05) is 6.61 Å². The SMILES string of the molecule is OCC1CCCn2nc(-c3ccccn3)nc21. The van der Waals surface area contributed by atoms with Gasteiger partial charge in [0.15, 0.2) is 5.82 Å². The Kier molecular flexibility index (Phi) is 2.60. The summed E-state index contributed by atoms with van der Waals surface area (Å²) in [4.78, 5) is 8.75. The molecular weight excluding hydrogens is 216 g/mol. The Morgan fingerprint density at radius 3 is 3.12 bits per heavy atom. The predicted octanol–water partition coefficient (Wildman–Crippen LogP) is 1.21. The number of rotatable bonds is 2. The monoisotopic (exact) mass is 230 g/mol. The van der Waals surface area contributed by atoms with E-state index in [-0.39, 0.29) is 12.5 Å². The van der Waals surface area contributed by atoms with Gasteiger partial charge in [-0.25, -0.2) is 9.67 Å². The quantitative estimate of drug-likeness (QED) is 0.842. The van der Waals surface area contributed by atoms with Gasteiger partial charge in [-0.2, -0.15) is 0 Å². The molecular formula is C12H14N4O.